The molecule has 0 aromatic heterocycles. The summed E-state index contributed by atoms with van der Waals surface area (Å²) < 4.78 is 5.23. The van der Waals surface area contributed by atoms with Crippen LogP contribution in [0.5, 0.6) is 0 Å². The predicted molar refractivity (Wildman–Crippen MR) is 87.9 cm³/mol. The van der Waals surface area contributed by atoms with Gasteiger partial charge < -0.3 is 15.0 Å². The summed E-state index contributed by atoms with van der Waals surface area (Å²) in [6.45, 7) is 8.01. The van der Waals surface area contributed by atoms with Gasteiger partial charge in [-0.3, -0.25) is 4.79 Å². The van der Waals surface area contributed by atoms with Crippen molar-refractivity contribution in [3.8, 4) is 0 Å². The third-order valence-electron chi connectivity index (χ3n) is 2.94. The second-order valence-electron chi connectivity index (χ2n) is 6.41. The van der Waals surface area contributed by atoms with Crippen molar-refractivity contribution in [2.75, 3.05) is 18.9 Å². The molecule has 1 N–H and O–H groups in total. The molecular weight excluding hydrogens is 280 g/mol. The molecule has 0 bridgehead atoms. The molecule has 5 nitrogen and oxygen atoms in total. The lowest BCUT2D eigenvalue weighted by molar-refractivity contribution is -0.154. The number of hydrogen-bond donors (Lipinski definition) is 1. The van der Waals surface area contributed by atoms with E-state index in [4.69, 9.17) is 4.74 Å². The van der Waals surface area contributed by atoms with Crippen LogP contribution in [0.2, 0.25) is 0 Å². The molecule has 0 fully saturated rings. The summed E-state index contributed by atoms with van der Waals surface area (Å²) in [6.07, 6.45) is 0.881. The Morgan fingerprint density at radius 1 is 1.18 bits per heavy atom. The van der Waals surface area contributed by atoms with E-state index in [-0.39, 0.29) is 12.0 Å². The number of amides is 2. The highest BCUT2D eigenvalue weighted by atomic mass is 16.6. The van der Waals surface area contributed by atoms with Crippen LogP contribution in [-0.2, 0) is 9.53 Å². The highest BCUT2D eigenvalue weighted by Gasteiger charge is 2.16. The summed E-state index contributed by atoms with van der Waals surface area (Å²) in [6, 6.07) is 7.42. The van der Waals surface area contributed by atoms with Crippen molar-refractivity contribution < 1.29 is 14.3 Å². The number of carbonyl (C=O) groups is 2. The summed E-state index contributed by atoms with van der Waals surface area (Å²) in [7, 11) is 1.71. The van der Waals surface area contributed by atoms with Gasteiger partial charge in [-0.05, 0) is 46.2 Å². The van der Waals surface area contributed by atoms with E-state index in [1.807, 2.05) is 52.0 Å². The van der Waals surface area contributed by atoms with E-state index >= 15 is 0 Å². The first-order chi connectivity index (χ1) is 10.2. The molecule has 0 heterocycles. The number of esters is 1. The Hall–Kier alpha value is -2.04. The fourth-order valence-corrected chi connectivity index (χ4v) is 1.81. The van der Waals surface area contributed by atoms with Gasteiger partial charge in [-0.1, -0.05) is 17.7 Å². The number of urea groups is 1. The van der Waals surface area contributed by atoms with Gasteiger partial charge in [0.15, 0.2) is 0 Å². The molecule has 0 spiro atoms. The van der Waals surface area contributed by atoms with E-state index in [2.05, 4.69) is 5.32 Å². The molecule has 5 heteroatoms. The minimum Gasteiger partial charge on any atom is -0.460 e. The Morgan fingerprint density at radius 2 is 1.77 bits per heavy atom. The summed E-state index contributed by atoms with van der Waals surface area (Å²) >= 11 is 0. The van der Waals surface area contributed by atoms with E-state index in [0.717, 1.165) is 11.3 Å². The van der Waals surface area contributed by atoms with Crippen molar-refractivity contribution in [3.05, 3.63) is 29.8 Å². The number of hydrogen-bond acceptors (Lipinski definition) is 3. The Bertz CT molecular complexity index is 504. The number of rotatable bonds is 5. The van der Waals surface area contributed by atoms with Gasteiger partial charge in [-0.15, -0.1) is 0 Å². The highest BCUT2D eigenvalue weighted by molar-refractivity contribution is 5.89. The molecule has 122 valence electrons. The van der Waals surface area contributed by atoms with E-state index in [9.17, 15) is 9.59 Å². The van der Waals surface area contributed by atoms with Gasteiger partial charge in [0.2, 0.25) is 0 Å². The van der Waals surface area contributed by atoms with Crippen LogP contribution in [0.4, 0.5) is 10.5 Å². The second-order valence-corrected chi connectivity index (χ2v) is 6.41. The van der Waals surface area contributed by atoms with Gasteiger partial charge in [-0.2, -0.15) is 0 Å². The fraction of sp³-hybridized carbons (Fsp3) is 0.529. The van der Waals surface area contributed by atoms with Crippen molar-refractivity contribution >= 4 is 17.7 Å². The van der Waals surface area contributed by atoms with Crippen molar-refractivity contribution in [2.45, 2.75) is 46.1 Å². The molecule has 0 saturated carbocycles. The monoisotopic (exact) mass is 306 g/mol. The van der Waals surface area contributed by atoms with E-state index < -0.39 is 5.60 Å². The van der Waals surface area contributed by atoms with Crippen LogP contribution in [0.1, 0.15) is 39.2 Å². The van der Waals surface area contributed by atoms with Gasteiger partial charge in [0.1, 0.15) is 5.60 Å². The van der Waals surface area contributed by atoms with Gasteiger partial charge in [0, 0.05) is 25.7 Å². The van der Waals surface area contributed by atoms with Crippen LogP contribution < -0.4 is 5.32 Å². The predicted octanol–water partition coefficient (Wildman–Crippen LogP) is 3.58. The number of nitrogens with one attached hydrogen (secondary N) is 1. The maximum atomic E-state index is 12.0. The number of anilines is 1. The Morgan fingerprint density at radius 3 is 2.32 bits per heavy atom. The van der Waals surface area contributed by atoms with Crippen molar-refractivity contribution in [2.24, 2.45) is 0 Å². The lowest BCUT2D eigenvalue weighted by Crippen LogP contribution is -2.32. The SMILES string of the molecule is Cc1ccc(NC(=O)N(C)CCCC(=O)OC(C)(C)C)cc1. The lowest BCUT2D eigenvalue weighted by Gasteiger charge is -2.20. The maximum absolute atomic E-state index is 12.0. The molecule has 1 aromatic rings. The number of carbonyl (C=O) groups excluding carboxylic acids is 2. The van der Waals surface area contributed by atoms with Crippen LogP contribution in [0, 0.1) is 6.92 Å². The van der Waals surface area contributed by atoms with Gasteiger partial charge >= 0.3 is 12.0 Å². The molecular formula is C17H26N2O3. The van der Waals surface area contributed by atoms with Crippen LogP contribution in [0.3, 0.4) is 0 Å². The molecule has 1 rings (SSSR count). The highest BCUT2D eigenvalue weighted by Crippen LogP contribution is 2.11. The minimum absolute atomic E-state index is 0.187. The summed E-state index contributed by atoms with van der Waals surface area (Å²) in [5, 5.41) is 2.82. The smallest absolute Gasteiger partial charge is 0.321 e. The summed E-state index contributed by atoms with van der Waals surface area (Å²) in [5.41, 5.74) is 1.43. The van der Waals surface area contributed by atoms with Crippen molar-refractivity contribution in [1.82, 2.24) is 4.90 Å². The molecule has 22 heavy (non-hydrogen) atoms. The van der Waals surface area contributed by atoms with Crippen LogP contribution in [-0.4, -0.2) is 36.1 Å². The number of aryl methyl sites for hydroxylation is 1. The van der Waals surface area contributed by atoms with Crippen LogP contribution in [0.25, 0.3) is 0 Å². The van der Waals surface area contributed by atoms with E-state index in [0.29, 0.717) is 19.4 Å². The number of nitrogens with zero attached hydrogens (tertiary/aromatic N) is 1. The van der Waals surface area contributed by atoms with Crippen molar-refractivity contribution in [1.29, 1.82) is 0 Å². The van der Waals surface area contributed by atoms with Crippen LogP contribution in [0.15, 0.2) is 24.3 Å². The largest absolute Gasteiger partial charge is 0.460 e. The van der Waals surface area contributed by atoms with E-state index in [1.54, 1.807) is 11.9 Å². The first kappa shape index (κ1) is 18.0. The molecule has 0 aliphatic rings. The quantitative estimate of drug-likeness (QED) is 0.846. The Kier molecular flexibility index (Phi) is 6.40. The summed E-state index contributed by atoms with van der Waals surface area (Å²) in [5.74, 6) is -0.236. The van der Waals surface area contributed by atoms with Crippen LogP contribution >= 0.6 is 0 Å². The standard InChI is InChI=1S/C17H26N2O3/c1-13-8-10-14(11-9-13)18-16(21)19(5)12-6-7-15(20)22-17(2,3)4/h8-11H,6-7,12H2,1-5H3,(H,18,21). The molecule has 0 atom stereocenters. The zero-order valence-electron chi connectivity index (χ0n) is 14.1. The average molecular weight is 306 g/mol. The molecule has 0 aliphatic carbocycles. The molecule has 0 aliphatic heterocycles. The zero-order valence-corrected chi connectivity index (χ0v) is 14.1. The molecule has 0 unspecified atom stereocenters. The number of ether oxygens (including phenoxy) is 1. The van der Waals surface area contributed by atoms with Gasteiger partial charge in [0.25, 0.3) is 0 Å². The minimum atomic E-state index is -0.466. The third-order valence-corrected chi connectivity index (χ3v) is 2.94. The third kappa shape index (κ3) is 7.11. The summed E-state index contributed by atoms with van der Waals surface area (Å²) in [4.78, 5) is 25.2. The molecule has 2 amide bonds. The molecule has 0 radical (unpaired) electrons. The molecule has 0 saturated heterocycles. The van der Waals surface area contributed by atoms with Crippen molar-refractivity contribution in [3.63, 3.8) is 0 Å². The first-order valence-electron chi connectivity index (χ1n) is 7.48. The molecule has 1 aromatic carbocycles. The van der Waals surface area contributed by atoms with E-state index in [1.165, 1.54) is 0 Å². The zero-order chi connectivity index (χ0) is 16.8. The lowest BCUT2D eigenvalue weighted by atomic mass is 10.2. The Labute approximate surface area is 132 Å². The maximum Gasteiger partial charge on any atom is 0.321 e. The fourth-order valence-electron chi connectivity index (χ4n) is 1.81. The average Bonchev–Trinajstić information content (AvgIpc) is 2.39. The number of benzene rings is 1. The van der Waals surface area contributed by atoms with Gasteiger partial charge in [0.05, 0.1) is 0 Å². The normalized spacial score (nSPS) is 11.0. The topological polar surface area (TPSA) is 58.6 Å². The second kappa shape index (κ2) is 7.82. The van der Waals surface area contributed by atoms with Gasteiger partial charge in [-0.25, -0.2) is 4.79 Å². The Balaban J connectivity index is 2.32. The first-order valence-corrected chi connectivity index (χ1v) is 7.48.